The van der Waals surface area contributed by atoms with Crippen molar-refractivity contribution in [2.24, 2.45) is 0 Å². The molecule has 0 radical (unpaired) electrons. The van der Waals surface area contributed by atoms with Crippen molar-refractivity contribution < 1.29 is 4.21 Å². The lowest BCUT2D eigenvalue weighted by Gasteiger charge is -2.40. The molecule has 0 aromatic heterocycles. The maximum absolute atomic E-state index is 13.5. The highest BCUT2D eigenvalue weighted by molar-refractivity contribution is 7.84. The average Bonchev–Trinajstić information content (AvgIpc) is 2.88. The van der Waals surface area contributed by atoms with Crippen molar-refractivity contribution in [3.63, 3.8) is 0 Å². The van der Waals surface area contributed by atoms with Gasteiger partial charge in [0.15, 0.2) is 0 Å². The molecule has 2 unspecified atom stereocenters. The molecule has 2 fully saturated rings. The lowest BCUT2D eigenvalue weighted by Crippen LogP contribution is -2.38. The van der Waals surface area contributed by atoms with Gasteiger partial charge in [0.05, 0.1) is 21.8 Å². The number of rotatable bonds is 7. The van der Waals surface area contributed by atoms with Gasteiger partial charge in [0.25, 0.3) is 0 Å². The fourth-order valence-electron chi connectivity index (χ4n) is 6.15. The van der Waals surface area contributed by atoms with Crippen LogP contribution in [0.5, 0.6) is 0 Å². The van der Waals surface area contributed by atoms with Crippen LogP contribution in [0.2, 0.25) is 0 Å². The van der Waals surface area contributed by atoms with E-state index in [-0.39, 0.29) is 24.1 Å². The lowest BCUT2D eigenvalue weighted by atomic mass is 9.86. The van der Waals surface area contributed by atoms with Crippen molar-refractivity contribution in [2.45, 2.75) is 133 Å². The average molecular weight is 540 g/mol. The Morgan fingerprint density at radius 1 is 0.757 bits per heavy atom. The summed E-state index contributed by atoms with van der Waals surface area (Å²) < 4.78 is 16.8. The molecule has 2 atom stereocenters. The highest BCUT2D eigenvalue weighted by Gasteiger charge is 2.35. The molecule has 0 aliphatic heterocycles. The zero-order chi connectivity index (χ0) is 26.6. The third kappa shape index (κ3) is 7.34. The molecule has 2 nitrogen and oxygen atoms in total. The minimum absolute atomic E-state index is 0.0672. The van der Waals surface area contributed by atoms with E-state index in [1.165, 1.54) is 80.9 Å². The molecule has 4 heteroatoms. The smallest absolute Gasteiger partial charge is 0.0979 e. The lowest BCUT2D eigenvalue weighted by molar-refractivity contribution is 0.487. The number of benzene rings is 2. The Hall–Kier alpha value is -1.02. The zero-order valence-electron chi connectivity index (χ0n) is 24.2. The van der Waals surface area contributed by atoms with Gasteiger partial charge < -0.3 is 0 Å². The molecule has 2 aromatic rings. The molecular weight excluding hydrogens is 489 g/mol. The SMILES string of the molecule is CC(C)(C)c1ccc(C(NS(=O)C(C)(C)C)c2ccccc2P(C2CCCCC2)C2CCCCC2)cc1. The largest absolute Gasteiger partial charge is 0.242 e. The van der Waals surface area contributed by atoms with E-state index in [1.807, 2.05) is 0 Å². The zero-order valence-corrected chi connectivity index (χ0v) is 25.9. The number of nitrogens with one attached hydrogen (secondary N) is 1. The minimum Gasteiger partial charge on any atom is -0.242 e. The van der Waals surface area contributed by atoms with E-state index in [2.05, 4.69) is 94.8 Å². The molecule has 4 rings (SSSR count). The first-order chi connectivity index (χ1) is 17.6. The third-order valence-corrected chi connectivity index (χ3v) is 13.5. The van der Waals surface area contributed by atoms with Crippen LogP contribution in [0.4, 0.5) is 0 Å². The Balaban J connectivity index is 1.80. The second kappa shape index (κ2) is 12.4. The van der Waals surface area contributed by atoms with Crippen LogP contribution in [0, 0.1) is 0 Å². The standard InChI is InChI=1S/C33H50NOPS/c1-32(2,3)26-23-21-25(22-24-26)31(34-37(35)33(4,5)6)29-19-13-14-20-30(29)36(27-15-9-7-10-16-27)28-17-11-8-12-18-28/h13-14,19-24,27-28,31,34H,7-12,15-18H2,1-6H3. The Morgan fingerprint density at radius 3 is 1.76 bits per heavy atom. The molecule has 1 N–H and O–H groups in total. The highest BCUT2D eigenvalue weighted by atomic mass is 32.2. The number of hydrogen-bond donors (Lipinski definition) is 1. The van der Waals surface area contributed by atoms with Gasteiger partial charge in [0.2, 0.25) is 0 Å². The van der Waals surface area contributed by atoms with E-state index in [1.54, 1.807) is 5.30 Å². The topological polar surface area (TPSA) is 29.1 Å². The predicted molar refractivity (Wildman–Crippen MR) is 165 cm³/mol. The van der Waals surface area contributed by atoms with E-state index >= 15 is 0 Å². The van der Waals surface area contributed by atoms with Crippen LogP contribution in [0.15, 0.2) is 48.5 Å². The monoisotopic (exact) mass is 539 g/mol. The summed E-state index contributed by atoms with van der Waals surface area (Å²) in [5.41, 5.74) is 5.72. The third-order valence-electron chi connectivity index (χ3n) is 8.35. The van der Waals surface area contributed by atoms with E-state index in [0.29, 0.717) is 0 Å². The Bertz CT molecular complexity index is 1010. The second-order valence-corrected chi connectivity index (χ2v) is 18.1. The fraction of sp³-hybridized carbons (Fsp3) is 0.636. The van der Waals surface area contributed by atoms with Crippen LogP contribution in [0.1, 0.15) is 128 Å². The summed E-state index contributed by atoms with van der Waals surface area (Å²) in [6.45, 7) is 13.0. The van der Waals surface area contributed by atoms with Gasteiger partial charge in [0, 0.05) is 0 Å². The van der Waals surface area contributed by atoms with Crippen LogP contribution in [0.25, 0.3) is 0 Å². The number of hydrogen-bond acceptors (Lipinski definition) is 1. The first-order valence-corrected chi connectivity index (χ1v) is 17.3. The Kier molecular flexibility index (Phi) is 9.74. The van der Waals surface area contributed by atoms with Gasteiger partial charge in [-0.15, -0.1) is 0 Å². The molecule has 2 aromatic carbocycles. The second-order valence-electron chi connectivity index (χ2n) is 13.4. The molecule has 204 valence electrons. The summed E-state index contributed by atoms with van der Waals surface area (Å²) in [7, 11) is -1.42. The summed E-state index contributed by atoms with van der Waals surface area (Å²) >= 11 is 0. The van der Waals surface area contributed by atoms with Gasteiger partial charge in [-0.1, -0.05) is 116 Å². The molecule has 0 bridgehead atoms. The molecule has 0 amide bonds. The first-order valence-electron chi connectivity index (χ1n) is 14.7. The van der Waals surface area contributed by atoms with Crippen LogP contribution < -0.4 is 10.0 Å². The quantitative estimate of drug-likeness (QED) is 0.350. The normalized spacial score (nSPS) is 20.2. The van der Waals surface area contributed by atoms with E-state index in [0.717, 1.165) is 11.3 Å². The van der Waals surface area contributed by atoms with Crippen molar-refractivity contribution in [3.05, 3.63) is 65.2 Å². The van der Waals surface area contributed by atoms with E-state index in [4.69, 9.17) is 0 Å². The first kappa shape index (κ1) is 29.0. The van der Waals surface area contributed by atoms with Crippen molar-refractivity contribution in [3.8, 4) is 0 Å². The molecule has 2 aliphatic carbocycles. The summed E-state index contributed by atoms with van der Waals surface area (Å²) in [6.07, 6.45) is 13.9. The highest BCUT2D eigenvalue weighted by Crippen LogP contribution is 2.56. The fourth-order valence-corrected chi connectivity index (χ4v) is 11.0. The van der Waals surface area contributed by atoms with Crippen molar-refractivity contribution in [2.75, 3.05) is 0 Å². The summed E-state index contributed by atoms with van der Waals surface area (Å²) in [5.74, 6) is 0. The summed E-state index contributed by atoms with van der Waals surface area (Å²) in [4.78, 5) is 0. The van der Waals surface area contributed by atoms with Crippen LogP contribution in [-0.4, -0.2) is 20.3 Å². The van der Waals surface area contributed by atoms with Crippen LogP contribution in [0.3, 0.4) is 0 Å². The minimum atomic E-state index is -1.16. The van der Waals surface area contributed by atoms with Crippen molar-refractivity contribution >= 4 is 24.2 Å². The van der Waals surface area contributed by atoms with Crippen LogP contribution >= 0.6 is 7.92 Å². The molecule has 0 spiro atoms. The van der Waals surface area contributed by atoms with Gasteiger partial charge in [-0.05, 0) is 85.2 Å². The van der Waals surface area contributed by atoms with Crippen molar-refractivity contribution in [1.29, 1.82) is 0 Å². The van der Waals surface area contributed by atoms with Gasteiger partial charge in [-0.3, -0.25) is 0 Å². The molecule has 2 aliphatic rings. The Labute approximate surface area is 231 Å². The van der Waals surface area contributed by atoms with Gasteiger partial charge in [-0.25, -0.2) is 8.93 Å². The van der Waals surface area contributed by atoms with Gasteiger partial charge in [0.1, 0.15) is 0 Å². The summed E-state index contributed by atoms with van der Waals surface area (Å²) in [6, 6.07) is 18.3. The maximum Gasteiger partial charge on any atom is 0.0979 e. The predicted octanol–water partition coefficient (Wildman–Crippen LogP) is 8.90. The maximum atomic E-state index is 13.5. The Morgan fingerprint density at radius 2 is 1.27 bits per heavy atom. The summed E-state index contributed by atoms with van der Waals surface area (Å²) in [5, 5.41) is 1.58. The molecule has 2 saturated carbocycles. The van der Waals surface area contributed by atoms with E-state index in [9.17, 15) is 4.21 Å². The van der Waals surface area contributed by atoms with Gasteiger partial charge >= 0.3 is 0 Å². The molecular formula is C33H50NOPS. The molecule has 37 heavy (non-hydrogen) atoms. The molecule has 0 heterocycles. The van der Waals surface area contributed by atoms with Crippen molar-refractivity contribution in [1.82, 2.24) is 4.72 Å². The van der Waals surface area contributed by atoms with Crippen LogP contribution in [-0.2, 0) is 16.4 Å². The van der Waals surface area contributed by atoms with Gasteiger partial charge in [-0.2, -0.15) is 0 Å². The molecule has 0 saturated heterocycles. The van der Waals surface area contributed by atoms with E-state index < -0.39 is 11.0 Å².